The summed E-state index contributed by atoms with van der Waals surface area (Å²) in [4.78, 5) is 31.0. The molecule has 11 heteroatoms. The number of anilines is 1. The number of hydrogen-bond donors (Lipinski definition) is 0. The summed E-state index contributed by atoms with van der Waals surface area (Å²) in [6, 6.07) is 10.3. The van der Waals surface area contributed by atoms with Gasteiger partial charge in [-0.3, -0.25) is 19.8 Å². The van der Waals surface area contributed by atoms with Gasteiger partial charge in [-0.2, -0.15) is 0 Å². The molecule has 0 spiro atoms. The maximum Gasteiger partial charge on any atom is 0.292 e. The lowest BCUT2D eigenvalue weighted by Crippen LogP contribution is -2.51. The monoisotopic (exact) mass is 478 g/mol. The average Bonchev–Trinajstić information content (AvgIpc) is 3.41. The van der Waals surface area contributed by atoms with Crippen LogP contribution in [0.15, 0.2) is 41.8 Å². The second-order valence-electron chi connectivity index (χ2n) is 8.17. The smallest absolute Gasteiger partial charge is 0.292 e. The minimum Gasteiger partial charge on any atom is -0.363 e. The van der Waals surface area contributed by atoms with Gasteiger partial charge in [-0.1, -0.05) is 18.2 Å². The van der Waals surface area contributed by atoms with Crippen molar-refractivity contribution in [2.75, 3.05) is 49.1 Å². The van der Waals surface area contributed by atoms with Crippen LogP contribution in [0.5, 0.6) is 0 Å². The van der Waals surface area contributed by atoms with Crippen molar-refractivity contribution in [1.29, 1.82) is 0 Å². The molecule has 9 nitrogen and oxygen atoms in total. The molecule has 2 saturated heterocycles. The van der Waals surface area contributed by atoms with E-state index in [2.05, 4.69) is 0 Å². The van der Waals surface area contributed by atoms with Crippen molar-refractivity contribution in [2.45, 2.75) is 19.0 Å². The van der Waals surface area contributed by atoms with Gasteiger partial charge in [-0.05, 0) is 23.9 Å². The van der Waals surface area contributed by atoms with Crippen molar-refractivity contribution >= 4 is 38.5 Å². The number of hydrogen-bond acceptors (Lipinski definition) is 8. The number of sulfone groups is 1. The molecule has 1 aromatic carbocycles. The highest BCUT2D eigenvalue weighted by Gasteiger charge is 2.35. The van der Waals surface area contributed by atoms with Crippen LogP contribution in [-0.2, 0) is 21.2 Å². The van der Waals surface area contributed by atoms with Crippen molar-refractivity contribution in [3.05, 3.63) is 56.8 Å². The predicted molar refractivity (Wildman–Crippen MR) is 124 cm³/mol. The van der Waals surface area contributed by atoms with Gasteiger partial charge in [0.15, 0.2) is 9.84 Å². The van der Waals surface area contributed by atoms with Crippen molar-refractivity contribution in [2.24, 2.45) is 0 Å². The number of thiophene rings is 1. The van der Waals surface area contributed by atoms with Gasteiger partial charge >= 0.3 is 0 Å². The van der Waals surface area contributed by atoms with Gasteiger partial charge in [-0.15, -0.1) is 11.3 Å². The summed E-state index contributed by atoms with van der Waals surface area (Å²) in [7, 11) is -3.10. The quantitative estimate of drug-likeness (QED) is 0.443. The molecule has 1 amide bonds. The minimum atomic E-state index is -3.10. The number of nitrogens with zero attached hydrogens (tertiary/aromatic N) is 4. The van der Waals surface area contributed by atoms with E-state index >= 15 is 0 Å². The van der Waals surface area contributed by atoms with Crippen molar-refractivity contribution in [3.63, 3.8) is 0 Å². The third-order valence-electron chi connectivity index (χ3n) is 6.03. The normalized spacial score (nSPS) is 20.9. The molecule has 1 atom stereocenters. The second-order valence-corrected chi connectivity index (χ2v) is 11.4. The Labute approximate surface area is 191 Å². The number of para-hydroxylation sites is 2. The van der Waals surface area contributed by atoms with E-state index in [1.807, 2.05) is 27.3 Å². The molecule has 0 N–H and O–H groups in total. The van der Waals surface area contributed by atoms with Gasteiger partial charge < -0.3 is 9.80 Å². The highest BCUT2D eigenvalue weighted by atomic mass is 32.2. The van der Waals surface area contributed by atoms with Crippen molar-refractivity contribution in [3.8, 4) is 0 Å². The van der Waals surface area contributed by atoms with Crippen LogP contribution in [0.25, 0.3) is 0 Å². The zero-order chi connectivity index (χ0) is 22.7. The van der Waals surface area contributed by atoms with E-state index < -0.39 is 9.84 Å². The van der Waals surface area contributed by atoms with E-state index in [9.17, 15) is 23.3 Å². The number of rotatable bonds is 7. The van der Waals surface area contributed by atoms with Crippen LogP contribution >= 0.6 is 11.3 Å². The number of nitro groups is 1. The SMILES string of the molecule is O=C(CN1CCN(c2ccccc2[N+](=O)[O-])CC1)N(Cc1cccs1)C1CCS(=O)(=O)C1. The first-order valence-electron chi connectivity index (χ1n) is 10.6. The Balaban J connectivity index is 1.39. The summed E-state index contributed by atoms with van der Waals surface area (Å²) >= 11 is 1.56. The third-order valence-corrected chi connectivity index (χ3v) is 8.64. The molecule has 3 heterocycles. The summed E-state index contributed by atoms with van der Waals surface area (Å²) in [6.07, 6.45) is 0.477. The lowest BCUT2D eigenvalue weighted by Gasteiger charge is -2.37. The Morgan fingerprint density at radius 1 is 1.16 bits per heavy atom. The highest BCUT2D eigenvalue weighted by Crippen LogP contribution is 2.28. The van der Waals surface area contributed by atoms with E-state index in [1.165, 1.54) is 6.07 Å². The number of nitro benzene ring substituents is 1. The Morgan fingerprint density at radius 3 is 2.53 bits per heavy atom. The second kappa shape index (κ2) is 9.55. The van der Waals surface area contributed by atoms with Crippen LogP contribution < -0.4 is 4.90 Å². The zero-order valence-electron chi connectivity index (χ0n) is 17.6. The fourth-order valence-electron chi connectivity index (χ4n) is 4.33. The van der Waals surface area contributed by atoms with Gasteiger partial charge in [-0.25, -0.2) is 8.42 Å². The van der Waals surface area contributed by atoms with Gasteiger partial charge in [0.05, 0.1) is 29.5 Å². The Hall–Kier alpha value is -2.50. The van der Waals surface area contributed by atoms with E-state index in [1.54, 1.807) is 34.4 Å². The number of carbonyl (C=O) groups excluding carboxylic acids is 1. The molecule has 2 aromatic rings. The van der Waals surface area contributed by atoms with Crippen LogP contribution in [0, 0.1) is 10.1 Å². The lowest BCUT2D eigenvalue weighted by atomic mass is 10.2. The molecular weight excluding hydrogens is 452 g/mol. The van der Waals surface area contributed by atoms with Gasteiger partial charge in [0.2, 0.25) is 5.91 Å². The number of benzene rings is 1. The van der Waals surface area contributed by atoms with Gasteiger partial charge in [0.25, 0.3) is 5.69 Å². The summed E-state index contributed by atoms with van der Waals surface area (Å²) in [5, 5.41) is 13.3. The number of amides is 1. The van der Waals surface area contributed by atoms with Gasteiger partial charge in [0, 0.05) is 43.2 Å². The maximum atomic E-state index is 13.2. The molecule has 0 bridgehead atoms. The van der Waals surface area contributed by atoms with Crippen molar-refractivity contribution < 1.29 is 18.1 Å². The van der Waals surface area contributed by atoms with Crippen molar-refractivity contribution in [1.82, 2.24) is 9.80 Å². The molecule has 0 saturated carbocycles. The van der Waals surface area contributed by atoms with E-state index in [0.29, 0.717) is 44.8 Å². The molecule has 32 heavy (non-hydrogen) atoms. The molecular formula is C21H26N4O5S2. The Morgan fingerprint density at radius 2 is 1.91 bits per heavy atom. The van der Waals surface area contributed by atoms with E-state index in [-0.39, 0.29) is 40.6 Å². The Kier molecular flexibility index (Phi) is 6.77. The molecule has 4 rings (SSSR count). The zero-order valence-corrected chi connectivity index (χ0v) is 19.3. The topological polar surface area (TPSA) is 104 Å². The van der Waals surface area contributed by atoms with Crippen LogP contribution in [0.2, 0.25) is 0 Å². The largest absolute Gasteiger partial charge is 0.363 e. The fraction of sp³-hybridized carbons (Fsp3) is 0.476. The maximum absolute atomic E-state index is 13.2. The van der Waals surface area contributed by atoms with E-state index in [4.69, 9.17) is 0 Å². The molecule has 1 aromatic heterocycles. The molecule has 172 valence electrons. The van der Waals surface area contributed by atoms with Crippen LogP contribution in [0.1, 0.15) is 11.3 Å². The first-order valence-corrected chi connectivity index (χ1v) is 13.3. The van der Waals surface area contributed by atoms with Crippen LogP contribution in [-0.4, -0.2) is 79.3 Å². The molecule has 1 unspecified atom stereocenters. The number of piperazine rings is 1. The van der Waals surface area contributed by atoms with E-state index in [0.717, 1.165) is 4.88 Å². The third kappa shape index (κ3) is 5.28. The lowest BCUT2D eigenvalue weighted by molar-refractivity contribution is -0.384. The molecule has 2 fully saturated rings. The molecule has 2 aliphatic heterocycles. The minimum absolute atomic E-state index is 0.0234. The molecule has 0 radical (unpaired) electrons. The average molecular weight is 479 g/mol. The van der Waals surface area contributed by atoms with Gasteiger partial charge in [0.1, 0.15) is 5.69 Å². The number of carbonyl (C=O) groups is 1. The summed E-state index contributed by atoms with van der Waals surface area (Å²) < 4.78 is 24.0. The predicted octanol–water partition coefficient (Wildman–Crippen LogP) is 1.99. The highest BCUT2D eigenvalue weighted by molar-refractivity contribution is 7.91. The summed E-state index contributed by atoms with van der Waals surface area (Å²) in [6.45, 7) is 3.02. The molecule has 2 aliphatic rings. The van der Waals surface area contributed by atoms with Crippen LogP contribution in [0.3, 0.4) is 0 Å². The molecule has 0 aliphatic carbocycles. The Bertz CT molecular complexity index is 1070. The fourth-order valence-corrected chi connectivity index (χ4v) is 6.76. The standard InChI is InChI=1S/C21H26N4O5S2/c26-21(24(14-18-4-3-12-31-18)17-7-13-32(29,30)16-17)15-22-8-10-23(11-9-22)19-5-1-2-6-20(19)25(27)28/h1-6,12,17H,7-11,13-16H2. The van der Waals surface area contributed by atoms with Crippen LogP contribution in [0.4, 0.5) is 11.4 Å². The summed E-state index contributed by atoms with van der Waals surface area (Å²) in [5.41, 5.74) is 0.681. The summed E-state index contributed by atoms with van der Waals surface area (Å²) in [5.74, 6) is 0.0790. The first-order chi connectivity index (χ1) is 15.3. The first kappa shape index (κ1) is 22.7.